The number of benzene rings is 2. The van der Waals surface area contributed by atoms with Crippen LogP contribution in [0.25, 0.3) is 0 Å². The van der Waals surface area contributed by atoms with Gasteiger partial charge in [0.05, 0.1) is 7.11 Å². The quantitative estimate of drug-likeness (QED) is 0.732. The zero-order valence-corrected chi connectivity index (χ0v) is 15.5. The molecule has 5 nitrogen and oxygen atoms in total. The van der Waals surface area contributed by atoms with Crippen molar-refractivity contribution in [1.82, 2.24) is 0 Å². The molecule has 2 aromatic carbocycles. The van der Waals surface area contributed by atoms with Gasteiger partial charge in [-0.2, -0.15) is 0 Å². The number of hydrogen-bond donors (Lipinski definition) is 1. The summed E-state index contributed by atoms with van der Waals surface area (Å²) in [7, 11) is 1.57. The van der Waals surface area contributed by atoms with Gasteiger partial charge < -0.3 is 14.8 Å². The van der Waals surface area contributed by atoms with Crippen LogP contribution in [0.15, 0.2) is 54.6 Å². The van der Waals surface area contributed by atoms with E-state index >= 15 is 0 Å². The highest BCUT2D eigenvalue weighted by atomic mass is 16.5. The fourth-order valence-corrected chi connectivity index (χ4v) is 3.44. The SMILES string of the molecule is COc1cccc(NC(=O)[C@H](OC(=O)CC2CCCC2)c2ccccc2)c1. The van der Waals surface area contributed by atoms with Crippen LogP contribution in [0, 0.1) is 5.92 Å². The lowest BCUT2D eigenvalue weighted by Gasteiger charge is -2.19. The van der Waals surface area contributed by atoms with Gasteiger partial charge in [-0.3, -0.25) is 9.59 Å². The number of ether oxygens (including phenoxy) is 2. The van der Waals surface area contributed by atoms with Crippen molar-refractivity contribution in [3.8, 4) is 5.75 Å². The largest absolute Gasteiger partial charge is 0.497 e. The molecule has 1 amide bonds. The highest BCUT2D eigenvalue weighted by molar-refractivity contribution is 5.96. The summed E-state index contributed by atoms with van der Waals surface area (Å²) in [6, 6.07) is 16.2. The Labute approximate surface area is 159 Å². The van der Waals surface area contributed by atoms with E-state index in [2.05, 4.69) is 5.32 Å². The molecule has 1 atom stereocenters. The first kappa shape index (κ1) is 19.0. The van der Waals surface area contributed by atoms with Crippen LogP contribution in [-0.2, 0) is 14.3 Å². The van der Waals surface area contributed by atoms with Crippen LogP contribution >= 0.6 is 0 Å². The van der Waals surface area contributed by atoms with Crippen LogP contribution in [0.3, 0.4) is 0 Å². The molecule has 1 saturated carbocycles. The molecular formula is C22H25NO4. The molecular weight excluding hydrogens is 342 g/mol. The fourth-order valence-electron chi connectivity index (χ4n) is 3.44. The fraction of sp³-hybridized carbons (Fsp3) is 0.364. The van der Waals surface area contributed by atoms with Crippen molar-refractivity contribution in [2.45, 2.75) is 38.2 Å². The van der Waals surface area contributed by atoms with Gasteiger partial charge in [0.2, 0.25) is 6.10 Å². The Morgan fingerprint density at radius 3 is 2.52 bits per heavy atom. The Morgan fingerprint density at radius 1 is 1.07 bits per heavy atom. The molecule has 0 spiro atoms. The van der Waals surface area contributed by atoms with Crippen molar-refractivity contribution in [3.63, 3.8) is 0 Å². The molecule has 0 aromatic heterocycles. The van der Waals surface area contributed by atoms with Crippen LogP contribution < -0.4 is 10.1 Å². The second-order valence-corrected chi connectivity index (χ2v) is 6.86. The van der Waals surface area contributed by atoms with Crippen molar-refractivity contribution in [2.24, 2.45) is 5.92 Å². The number of hydrogen-bond acceptors (Lipinski definition) is 4. The number of methoxy groups -OCH3 is 1. The van der Waals surface area contributed by atoms with Gasteiger partial charge in [0.1, 0.15) is 5.75 Å². The van der Waals surface area contributed by atoms with Gasteiger partial charge in [0.25, 0.3) is 5.91 Å². The molecule has 0 aliphatic heterocycles. The Bertz CT molecular complexity index is 769. The van der Waals surface area contributed by atoms with E-state index in [1.165, 1.54) is 0 Å². The molecule has 142 valence electrons. The molecule has 3 rings (SSSR count). The Morgan fingerprint density at radius 2 is 1.81 bits per heavy atom. The van der Waals surface area contributed by atoms with Crippen molar-refractivity contribution in [2.75, 3.05) is 12.4 Å². The minimum Gasteiger partial charge on any atom is -0.497 e. The highest BCUT2D eigenvalue weighted by Gasteiger charge is 2.27. The van der Waals surface area contributed by atoms with Crippen LogP contribution in [0.5, 0.6) is 5.75 Å². The number of nitrogens with one attached hydrogen (secondary N) is 1. The lowest BCUT2D eigenvalue weighted by Crippen LogP contribution is -2.26. The summed E-state index contributed by atoms with van der Waals surface area (Å²) in [6.45, 7) is 0. The number of esters is 1. The smallest absolute Gasteiger partial charge is 0.307 e. The van der Waals surface area contributed by atoms with E-state index in [9.17, 15) is 9.59 Å². The Balaban J connectivity index is 1.72. The van der Waals surface area contributed by atoms with Crippen molar-refractivity contribution >= 4 is 17.6 Å². The van der Waals surface area contributed by atoms with Crippen molar-refractivity contribution in [3.05, 3.63) is 60.2 Å². The van der Waals surface area contributed by atoms with Gasteiger partial charge in [-0.15, -0.1) is 0 Å². The summed E-state index contributed by atoms with van der Waals surface area (Å²) in [6.07, 6.45) is 3.83. The van der Waals surface area contributed by atoms with Crippen LogP contribution in [0.2, 0.25) is 0 Å². The Kier molecular flexibility index (Phi) is 6.47. The molecule has 5 heteroatoms. The molecule has 1 N–H and O–H groups in total. The van der Waals surface area contributed by atoms with E-state index in [0.29, 0.717) is 29.3 Å². The average molecular weight is 367 g/mol. The summed E-state index contributed by atoms with van der Waals surface area (Å²) < 4.78 is 10.8. The van der Waals surface area contributed by atoms with E-state index < -0.39 is 6.10 Å². The molecule has 1 aliphatic carbocycles. The highest BCUT2D eigenvalue weighted by Crippen LogP contribution is 2.29. The van der Waals surface area contributed by atoms with Gasteiger partial charge in [-0.25, -0.2) is 0 Å². The minimum atomic E-state index is -0.980. The zero-order chi connectivity index (χ0) is 19.1. The summed E-state index contributed by atoms with van der Waals surface area (Å²) in [5.74, 6) is 0.309. The predicted octanol–water partition coefficient (Wildman–Crippen LogP) is 4.50. The average Bonchev–Trinajstić information content (AvgIpc) is 3.19. The van der Waals surface area contributed by atoms with Gasteiger partial charge in [0, 0.05) is 23.7 Å². The molecule has 1 fully saturated rings. The normalized spacial score (nSPS) is 15.1. The van der Waals surface area contributed by atoms with Crippen LogP contribution in [-0.4, -0.2) is 19.0 Å². The maximum Gasteiger partial charge on any atom is 0.307 e. The van der Waals surface area contributed by atoms with Crippen LogP contribution in [0.4, 0.5) is 5.69 Å². The second kappa shape index (κ2) is 9.21. The van der Waals surface area contributed by atoms with E-state index in [0.717, 1.165) is 25.7 Å². The topological polar surface area (TPSA) is 64.6 Å². The number of amides is 1. The molecule has 0 unspecified atom stereocenters. The summed E-state index contributed by atoms with van der Waals surface area (Å²) in [4.78, 5) is 25.3. The standard InChI is InChI=1S/C22H25NO4/c1-26-19-13-7-12-18(15-19)23-22(25)21(17-10-3-2-4-11-17)27-20(24)14-16-8-5-6-9-16/h2-4,7,10-13,15-16,21H,5-6,8-9,14H2,1H3,(H,23,25)/t21-/m1/s1. The number of carbonyl (C=O) groups is 2. The van der Waals surface area contributed by atoms with Gasteiger partial charge in [0.15, 0.2) is 0 Å². The van der Waals surface area contributed by atoms with Gasteiger partial charge in [-0.1, -0.05) is 49.2 Å². The number of anilines is 1. The molecule has 1 aliphatic rings. The third-order valence-electron chi connectivity index (χ3n) is 4.86. The number of rotatable bonds is 7. The Hall–Kier alpha value is -2.82. The lowest BCUT2D eigenvalue weighted by molar-refractivity contribution is -0.155. The summed E-state index contributed by atoms with van der Waals surface area (Å²) in [5.41, 5.74) is 1.24. The minimum absolute atomic E-state index is 0.323. The first-order valence-electron chi connectivity index (χ1n) is 9.35. The van der Waals surface area contributed by atoms with E-state index in [-0.39, 0.29) is 11.9 Å². The number of carbonyl (C=O) groups excluding carboxylic acids is 2. The summed E-state index contributed by atoms with van der Waals surface area (Å²) in [5, 5.41) is 2.82. The zero-order valence-electron chi connectivity index (χ0n) is 15.5. The first-order valence-corrected chi connectivity index (χ1v) is 9.35. The van der Waals surface area contributed by atoms with E-state index in [1.54, 1.807) is 43.5 Å². The maximum absolute atomic E-state index is 12.9. The molecule has 2 aromatic rings. The van der Waals surface area contributed by atoms with Crippen LogP contribution in [0.1, 0.15) is 43.8 Å². The molecule has 0 bridgehead atoms. The molecule has 0 radical (unpaired) electrons. The monoisotopic (exact) mass is 367 g/mol. The van der Waals surface area contributed by atoms with Crippen molar-refractivity contribution < 1.29 is 19.1 Å². The van der Waals surface area contributed by atoms with E-state index in [4.69, 9.17) is 9.47 Å². The maximum atomic E-state index is 12.9. The predicted molar refractivity (Wildman–Crippen MR) is 103 cm³/mol. The third-order valence-corrected chi connectivity index (χ3v) is 4.86. The second-order valence-electron chi connectivity index (χ2n) is 6.86. The van der Waals surface area contributed by atoms with Gasteiger partial charge in [-0.05, 0) is 30.9 Å². The van der Waals surface area contributed by atoms with E-state index in [1.807, 2.05) is 18.2 Å². The van der Waals surface area contributed by atoms with Crippen molar-refractivity contribution in [1.29, 1.82) is 0 Å². The van der Waals surface area contributed by atoms with Gasteiger partial charge >= 0.3 is 5.97 Å². The first-order chi connectivity index (χ1) is 13.2. The lowest BCUT2D eigenvalue weighted by atomic mass is 10.0. The molecule has 27 heavy (non-hydrogen) atoms. The molecule has 0 saturated heterocycles. The summed E-state index contributed by atoms with van der Waals surface area (Å²) >= 11 is 0. The third kappa shape index (κ3) is 5.33. The molecule has 0 heterocycles.